The number of rotatable bonds is 3. The molecule has 0 aliphatic rings. The first-order valence-corrected chi connectivity index (χ1v) is 5.02. The number of hydrogen-bond donors (Lipinski definition) is 0. The Morgan fingerprint density at radius 2 is 2.40 bits per heavy atom. The Morgan fingerprint density at radius 1 is 1.60 bits per heavy atom. The van der Waals surface area contributed by atoms with Gasteiger partial charge in [0.25, 0.3) is 0 Å². The van der Waals surface area contributed by atoms with Crippen LogP contribution in [-0.4, -0.2) is 4.43 Å². The van der Waals surface area contributed by atoms with Gasteiger partial charge in [-0.3, -0.25) is 0 Å². The molecule has 1 aromatic rings. The summed E-state index contributed by atoms with van der Waals surface area (Å²) in [6.07, 6.45) is 3.93. The van der Waals surface area contributed by atoms with Crippen molar-refractivity contribution in [2.45, 2.75) is 19.8 Å². The highest BCUT2D eigenvalue weighted by atomic mass is 127. The normalized spacial score (nSPS) is 10.2. The average molecular weight is 250 g/mol. The van der Waals surface area contributed by atoms with Gasteiger partial charge in [0.1, 0.15) is 5.76 Å². The van der Waals surface area contributed by atoms with Gasteiger partial charge < -0.3 is 4.42 Å². The minimum Gasteiger partial charge on any atom is -0.469 e. The molecule has 10 heavy (non-hydrogen) atoms. The average Bonchev–Trinajstić information content (AvgIpc) is 2.36. The van der Waals surface area contributed by atoms with Crippen LogP contribution in [0, 0.1) is 0 Å². The van der Waals surface area contributed by atoms with Crippen molar-refractivity contribution in [3.63, 3.8) is 0 Å². The van der Waals surface area contributed by atoms with E-state index in [4.69, 9.17) is 4.42 Å². The lowest BCUT2D eigenvalue weighted by atomic mass is 10.2. The summed E-state index contributed by atoms with van der Waals surface area (Å²) in [5.74, 6) is 1.15. The monoisotopic (exact) mass is 250 g/mol. The lowest BCUT2D eigenvalue weighted by Gasteiger charge is -1.94. The SMILES string of the molecule is CCc1occc1CCI. The molecule has 0 bridgehead atoms. The van der Waals surface area contributed by atoms with E-state index in [9.17, 15) is 0 Å². The van der Waals surface area contributed by atoms with Crippen molar-refractivity contribution in [2.75, 3.05) is 4.43 Å². The van der Waals surface area contributed by atoms with Gasteiger partial charge in [-0.15, -0.1) is 0 Å². The molecule has 1 aromatic heterocycles. The van der Waals surface area contributed by atoms with Crippen molar-refractivity contribution in [1.29, 1.82) is 0 Å². The van der Waals surface area contributed by atoms with E-state index in [1.807, 2.05) is 0 Å². The summed E-state index contributed by atoms with van der Waals surface area (Å²) in [6, 6.07) is 2.07. The predicted octanol–water partition coefficient (Wildman–Crippen LogP) is 2.82. The molecule has 0 spiro atoms. The van der Waals surface area contributed by atoms with Gasteiger partial charge in [0.05, 0.1) is 6.26 Å². The number of aryl methyl sites for hydroxylation is 2. The van der Waals surface area contributed by atoms with Gasteiger partial charge in [-0.05, 0) is 18.1 Å². The largest absolute Gasteiger partial charge is 0.469 e. The Kier molecular flexibility index (Phi) is 3.25. The number of hydrogen-bond acceptors (Lipinski definition) is 1. The molecule has 1 nitrogen and oxygen atoms in total. The van der Waals surface area contributed by atoms with Crippen LogP contribution in [-0.2, 0) is 12.8 Å². The van der Waals surface area contributed by atoms with Crippen LogP contribution >= 0.6 is 22.6 Å². The van der Waals surface area contributed by atoms with E-state index in [1.165, 1.54) is 9.99 Å². The quantitative estimate of drug-likeness (QED) is 0.593. The van der Waals surface area contributed by atoms with E-state index in [0.717, 1.165) is 18.6 Å². The summed E-state index contributed by atoms with van der Waals surface area (Å²) in [4.78, 5) is 0. The second kappa shape index (κ2) is 4.01. The second-order valence-electron chi connectivity index (χ2n) is 2.16. The molecule has 1 rings (SSSR count). The zero-order chi connectivity index (χ0) is 7.40. The fraction of sp³-hybridized carbons (Fsp3) is 0.500. The summed E-state index contributed by atoms with van der Waals surface area (Å²) in [5, 5.41) is 0. The highest BCUT2D eigenvalue weighted by Gasteiger charge is 2.01. The van der Waals surface area contributed by atoms with Crippen LogP contribution in [0.15, 0.2) is 16.7 Å². The lowest BCUT2D eigenvalue weighted by molar-refractivity contribution is 0.512. The number of furan rings is 1. The van der Waals surface area contributed by atoms with Crippen molar-refractivity contribution in [2.24, 2.45) is 0 Å². The third-order valence-corrected chi connectivity index (χ3v) is 2.06. The lowest BCUT2D eigenvalue weighted by Crippen LogP contribution is -1.87. The van der Waals surface area contributed by atoms with Gasteiger partial charge in [0.15, 0.2) is 0 Å². The van der Waals surface area contributed by atoms with Gasteiger partial charge in [0.2, 0.25) is 0 Å². The van der Waals surface area contributed by atoms with Crippen molar-refractivity contribution in [3.8, 4) is 0 Å². The highest BCUT2D eigenvalue weighted by molar-refractivity contribution is 14.1. The molecule has 0 amide bonds. The van der Waals surface area contributed by atoms with Crippen LogP contribution in [0.25, 0.3) is 0 Å². The maximum Gasteiger partial charge on any atom is 0.106 e. The molecule has 0 aromatic carbocycles. The Labute approximate surface area is 74.9 Å². The Balaban J connectivity index is 2.70. The Bertz CT molecular complexity index is 193. The molecule has 0 aliphatic carbocycles. The zero-order valence-corrected chi connectivity index (χ0v) is 8.22. The number of alkyl halides is 1. The smallest absolute Gasteiger partial charge is 0.106 e. The van der Waals surface area contributed by atoms with Crippen LogP contribution in [0.3, 0.4) is 0 Å². The van der Waals surface area contributed by atoms with Gasteiger partial charge >= 0.3 is 0 Å². The van der Waals surface area contributed by atoms with Crippen molar-refractivity contribution in [1.82, 2.24) is 0 Å². The summed E-state index contributed by atoms with van der Waals surface area (Å²) < 4.78 is 6.43. The molecule has 1 heterocycles. The van der Waals surface area contributed by atoms with Crippen molar-refractivity contribution in [3.05, 3.63) is 23.7 Å². The van der Waals surface area contributed by atoms with Crippen molar-refractivity contribution >= 4 is 22.6 Å². The Hall–Kier alpha value is 0.01000. The van der Waals surface area contributed by atoms with Gasteiger partial charge in [0, 0.05) is 10.8 Å². The minimum atomic E-state index is 1.01. The third-order valence-electron chi connectivity index (χ3n) is 1.52. The van der Waals surface area contributed by atoms with Crippen LogP contribution < -0.4 is 0 Å². The standard InChI is InChI=1S/C8H11IO/c1-2-8-7(3-5-9)4-6-10-8/h4,6H,2-3,5H2,1H3. The predicted molar refractivity (Wildman–Crippen MR) is 50.7 cm³/mol. The fourth-order valence-electron chi connectivity index (χ4n) is 1.00. The first kappa shape index (κ1) is 8.11. The van der Waals surface area contributed by atoms with E-state index in [2.05, 4.69) is 35.6 Å². The summed E-state index contributed by atoms with van der Waals surface area (Å²) in [5.41, 5.74) is 1.37. The molecule has 56 valence electrons. The molecule has 0 fully saturated rings. The van der Waals surface area contributed by atoms with Crippen LogP contribution in [0.5, 0.6) is 0 Å². The summed E-state index contributed by atoms with van der Waals surface area (Å²) in [6.45, 7) is 2.12. The first-order valence-electron chi connectivity index (χ1n) is 3.49. The number of halogens is 1. The van der Waals surface area contributed by atoms with Crippen LogP contribution in [0.2, 0.25) is 0 Å². The molecule has 0 N–H and O–H groups in total. The second-order valence-corrected chi connectivity index (χ2v) is 3.24. The molecule has 0 saturated heterocycles. The fourth-order valence-corrected chi connectivity index (χ4v) is 1.58. The van der Waals surface area contributed by atoms with E-state index in [0.29, 0.717) is 0 Å². The Morgan fingerprint density at radius 3 is 3.00 bits per heavy atom. The summed E-state index contributed by atoms with van der Waals surface area (Å²) >= 11 is 2.38. The molecule has 0 aliphatic heterocycles. The molecule has 0 unspecified atom stereocenters. The van der Waals surface area contributed by atoms with Crippen molar-refractivity contribution < 1.29 is 4.42 Å². The molecule has 0 saturated carbocycles. The molecular formula is C8H11IO. The van der Waals surface area contributed by atoms with E-state index in [1.54, 1.807) is 6.26 Å². The minimum absolute atomic E-state index is 1.01. The molecule has 0 atom stereocenters. The molecular weight excluding hydrogens is 239 g/mol. The maximum atomic E-state index is 5.26. The van der Waals surface area contributed by atoms with Gasteiger partial charge in [-0.2, -0.15) is 0 Å². The molecule has 0 radical (unpaired) electrons. The van der Waals surface area contributed by atoms with Gasteiger partial charge in [-0.1, -0.05) is 29.5 Å². The highest BCUT2D eigenvalue weighted by Crippen LogP contribution is 2.12. The van der Waals surface area contributed by atoms with E-state index in [-0.39, 0.29) is 0 Å². The van der Waals surface area contributed by atoms with E-state index < -0.39 is 0 Å². The maximum absolute atomic E-state index is 5.26. The topological polar surface area (TPSA) is 13.1 Å². The zero-order valence-electron chi connectivity index (χ0n) is 6.06. The van der Waals surface area contributed by atoms with Crippen LogP contribution in [0.4, 0.5) is 0 Å². The van der Waals surface area contributed by atoms with Crippen LogP contribution in [0.1, 0.15) is 18.2 Å². The van der Waals surface area contributed by atoms with E-state index >= 15 is 0 Å². The summed E-state index contributed by atoms with van der Waals surface area (Å²) in [7, 11) is 0. The van der Waals surface area contributed by atoms with Gasteiger partial charge in [-0.25, -0.2) is 0 Å². The molecule has 2 heteroatoms. The first-order chi connectivity index (χ1) is 4.88. The third kappa shape index (κ3) is 1.75.